The van der Waals surface area contributed by atoms with Gasteiger partial charge in [-0.05, 0) is 12.5 Å². The van der Waals surface area contributed by atoms with Crippen LogP contribution < -0.4 is 0 Å². The normalized spacial score (nSPS) is 14.7. The summed E-state index contributed by atoms with van der Waals surface area (Å²) in [5.41, 5.74) is 0. The van der Waals surface area contributed by atoms with Gasteiger partial charge in [-0.15, -0.1) is 0 Å². The number of amidine groups is 1. The van der Waals surface area contributed by atoms with Gasteiger partial charge in [0.1, 0.15) is 6.23 Å². The summed E-state index contributed by atoms with van der Waals surface area (Å²) in [6, 6.07) is 0. The van der Waals surface area contributed by atoms with Crippen molar-refractivity contribution in [3.8, 4) is 0 Å². The molecule has 4 heteroatoms. The maximum atomic E-state index is 12.3. The molecule has 0 fully saturated rings. The largest absolute Gasteiger partial charge is 0.370 e. The first-order valence-electron chi connectivity index (χ1n) is 12.9. The smallest absolute Gasteiger partial charge is 0.197 e. The first kappa shape index (κ1) is 26.9. The van der Waals surface area contributed by atoms with Crippen molar-refractivity contribution >= 4 is 11.6 Å². The molecular formula is C26H48N2O2. The van der Waals surface area contributed by atoms with Crippen molar-refractivity contribution in [1.82, 2.24) is 4.90 Å². The molecule has 0 amide bonds. The Morgan fingerprint density at radius 2 is 1.33 bits per heavy atom. The van der Waals surface area contributed by atoms with Crippen LogP contribution in [-0.4, -0.2) is 40.9 Å². The minimum Gasteiger partial charge on any atom is -0.370 e. The van der Waals surface area contributed by atoms with Gasteiger partial charge in [-0.25, -0.2) is 0 Å². The van der Waals surface area contributed by atoms with Gasteiger partial charge < -0.3 is 10.0 Å². The molecule has 0 saturated carbocycles. The molecule has 0 aromatic rings. The molecule has 1 heterocycles. The number of Topliss-reactive ketones (excluding diaryl/α,β-unsaturated/α-hetero) is 1. The van der Waals surface area contributed by atoms with Crippen molar-refractivity contribution in [2.45, 2.75) is 129 Å². The van der Waals surface area contributed by atoms with E-state index in [9.17, 15) is 9.90 Å². The Hall–Kier alpha value is -1.16. The van der Waals surface area contributed by atoms with Crippen molar-refractivity contribution < 1.29 is 9.90 Å². The minimum atomic E-state index is -0.800. The van der Waals surface area contributed by atoms with Crippen molar-refractivity contribution in [3.63, 3.8) is 0 Å². The van der Waals surface area contributed by atoms with E-state index >= 15 is 0 Å². The van der Waals surface area contributed by atoms with Gasteiger partial charge in [0, 0.05) is 13.0 Å². The van der Waals surface area contributed by atoms with Crippen LogP contribution in [0.15, 0.2) is 17.6 Å². The van der Waals surface area contributed by atoms with Gasteiger partial charge in [0.2, 0.25) is 0 Å². The molecule has 0 saturated heterocycles. The van der Waals surface area contributed by atoms with E-state index in [2.05, 4.69) is 18.5 Å². The van der Waals surface area contributed by atoms with Crippen LogP contribution >= 0.6 is 0 Å². The van der Waals surface area contributed by atoms with Crippen LogP contribution in [-0.2, 0) is 4.79 Å². The summed E-state index contributed by atoms with van der Waals surface area (Å²) in [4.78, 5) is 18.2. The fourth-order valence-electron chi connectivity index (χ4n) is 4.22. The predicted molar refractivity (Wildman–Crippen MR) is 129 cm³/mol. The van der Waals surface area contributed by atoms with E-state index in [0.29, 0.717) is 25.3 Å². The molecule has 0 bridgehead atoms. The van der Waals surface area contributed by atoms with Crippen LogP contribution in [0.4, 0.5) is 0 Å². The monoisotopic (exact) mass is 420 g/mol. The number of ketones is 1. The van der Waals surface area contributed by atoms with Gasteiger partial charge in [-0.3, -0.25) is 9.79 Å². The molecule has 1 aliphatic rings. The highest BCUT2D eigenvalue weighted by atomic mass is 16.3. The molecule has 1 atom stereocenters. The van der Waals surface area contributed by atoms with Crippen molar-refractivity contribution in [3.05, 3.63) is 12.7 Å². The number of carbonyl (C=O) groups excluding carboxylic acids is 1. The molecular weight excluding hydrogens is 372 g/mol. The van der Waals surface area contributed by atoms with E-state index in [1.807, 2.05) is 0 Å². The maximum Gasteiger partial charge on any atom is 0.197 e. The number of hydrogen-bond donors (Lipinski definition) is 1. The van der Waals surface area contributed by atoms with Crippen LogP contribution in [0.1, 0.15) is 122 Å². The quantitative estimate of drug-likeness (QED) is 0.164. The first-order chi connectivity index (χ1) is 14.7. The standard InChI is InChI=1S/C26H48N2O2/c1-3-5-6-7-8-9-10-11-12-13-14-15-16-17-18-19-20-21-24(29)26-27-22-23-28(26)25(30)4-2/h4,25,30H,2-3,5-23H2,1H3. The Kier molecular flexibility index (Phi) is 16.7. The highest BCUT2D eigenvalue weighted by molar-refractivity contribution is 6.39. The van der Waals surface area contributed by atoms with E-state index < -0.39 is 6.23 Å². The third kappa shape index (κ3) is 12.5. The summed E-state index contributed by atoms with van der Waals surface area (Å²) in [7, 11) is 0. The summed E-state index contributed by atoms with van der Waals surface area (Å²) in [5, 5.41) is 9.87. The zero-order valence-electron chi connectivity index (χ0n) is 19.8. The van der Waals surface area contributed by atoms with Crippen LogP contribution in [0.5, 0.6) is 0 Å². The molecule has 1 N–H and O–H groups in total. The highest BCUT2D eigenvalue weighted by Gasteiger charge is 2.26. The third-order valence-corrected chi connectivity index (χ3v) is 6.16. The fourth-order valence-corrected chi connectivity index (χ4v) is 4.22. The topological polar surface area (TPSA) is 52.9 Å². The van der Waals surface area contributed by atoms with Crippen LogP contribution in [0, 0.1) is 0 Å². The molecule has 30 heavy (non-hydrogen) atoms. The van der Waals surface area contributed by atoms with Crippen LogP contribution in [0.3, 0.4) is 0 Å². The second-order valence-electron chi connectivity index (χ2n) is 8.88. The molecule has 174 valence electrons. The SMILES string of the molecule is C=CC(O)N1CCN=C1C(=O)CCCCCCCCCCCCCCCCCCC. The Balaban J connectivity index is 1.85. The van der Waals surface area contributed by atoms with Crippen molar-refractivity contribution in [2.75, 3.05) is 13.1 Å². The number of carbonyl (C=O) groups is 1. The first-order valence-corrected chi connectivity index (χ1v) is 12.9. The number of hydrogen-bond acceptors (Lipinski definition) is 4. The molecule has 0 radical (unpaired) electrons. The molecule has 4 nitrogen and oxygen atoms in total. The van der Waals surface area contributed by atoms with E-state index in [0.717, 1.165) is 12.8 Å². The molecule has 1 aliphatic heterocycles. The van der Waals surface area contributed by atoms with Gasteiger partial charge in [0.05, 0.1) is 6.54 Å². The molecule has 1 unspecified atom stereocenters. The number of aliphatic hydroxyl groups is 1. The molecule has 0 aliphatic carbocycles. The van der Waals surface area contributed by atoms with Gasteiger partial charge >= 0.3 is 0 Å². The second-order valence-corrected chi connectivity index (χ2v) is 8.88. The third-order valence-electron chi connectivity index (χ3n) is 6.16. The Labute approximate surface area is 186 Å². The zero-order chi connectivity index (χ0) is 21.9. The summed E-state index contributed by atoms with van der Waals surface area (Å²) >= 11 is 0. The van der Waals surface area contributed by atoms with Gasteiger partial charge in [-0.1, -0.05) is 116 Å². The number of rotatable bonds is 21. The van der Waals surface area contributed by atoms with Gasteiger partial charge in [-0.2, -0.15) is 0 Å². The van der Waals surface area contributed by atoms with E-state index in [4.69, 9.17) is 0 Å². The van der Waals surface area contributed by atoms with Crippen molar-refractivity contribution in [2.24, 2.45) is 4.99 Å². The lowest BCUT2D eigenvalue weighted by atomic mass is 10.0. The Bertz CT molecular complexity index is 476. The van der Waals surface area contributed by atoms with Gasteiger partial charge in [0.15, 0.2) is 11.6 Å². The molecule has 0 spiro atoms. The maximum absolute atomic E-state index is 12.3. The number of aliphatic imine (C=N–C) groups is 1. The predicted octanol–water partition coefficient (Wildman–Crippen LogP) is 6.82. The Morgan fingerprint density at radius 1 is 0.900 bits per heavy atom. The lowest BCUT2D eigenvalue weighted by molar-refractivity contribution is -0.114. The Morgan fingerprint density at radius 3 is 1.77 bits per heavy atom. The number of unbranched alkanes of at least 4 members (excludes halogenated alkanes) is 16. The van der Waals surface area contributed by atoms with Gasteiger partial charge in [0.25, 0.3) is 0 Å². The summed E-state index contributed by atoms with van der Waals surface area (Å²) in [5.74, 6) is 0.508. The van der Waals surface area contributed by atoms with E-state index in [-0.39, 0.29) is 5.78 Å². The second kappa shape index (κ2) is 18.6. The van der Waals surface area contributed by atoms with E-state index in [1.54, 1.807) is 4.90 Å². The average Bonchev–Trinajstić information content (AvgIpc) is 3.25. The summed E-state index contributed by atoms with van der Waals surface area (Å²) < 4.78 is 0. The summed E-state index contributed by atoms with van der Waals surface area (Å²) in [6.45, 7) is 7.06. The van der Waals surface area contributed by atoms with E-state index in [1.165, 1.54) is 102 Å². The number of nitrogens with zero attached hydrogens (tertiary/aromatic N) is 2. The van der Waals surface area contributed by atoms with Crippen molar-refractivity contribution in [1.29, 1.82) is 0 Å². The fraction of sp³-hybridized carbons (Fsp3) is 0.846. The molecule has 1 rings (SSSR count). The average molecular weight is 421 g/mol. The highest BCUT2D eigenvalue weighted by Crippen LogP contribution is 2.15. The van der Waals surface area contributed by atoms with Crippen LogP contribution in [0.2, 0.25) is 0 Å². The summed E-state index contributed by atoms with van der Waals surface area (Å²) in [6.07, 6.45) is 24.0. The lowest BCUT2D eigenvalue weighted by Gasteiger charge is -2.22. The zero-order valence-corrected chi connectivity index (χ0v) is 19.8. The van der Waals surface area contributed by atoms with Crippen LogP contribution in [0.25, 0.3) is 0 Å². The lowest BCUT2D eigenvalue weighted by Crippen LogP contribution is -2.40. The molecule has 0 aromatic carbocycles. The molecule has 0 aromatic heterocycles. The minimum absolute atomic E-state index is 0.0642. The number of aliphatic hydroxyl groups excluding tert-OH is 1.